The summed E-state index contributed by atoms with van der Waals surface area (Å²) in [7, 11) is -4.14. The van der Waals surface area contributed by atoms with Crippen LogP contribution in [0.3, 0.4) is 0 Å². The molecule has 0 saturated heterocycles. The number of carbonyl (C=O) groups excluding carboxylic acids is 1. The van der Waals surface area contributed by atoms with Gasteiger partial charge >= 0.3 is 0 Å². The van der Waals surface area contributed by atoms with Gasteiger partial charge in [0, 0.05) is 0 Å². The summed E-state index contributed by atoms with van der Waals surface area (Å²) in [6, 6.07) is 11.7. The normalized spacial score (nSPS) is 11.3. The molecule has 8 heteroatoms. The molecule has 0 unspecified atom stereocenters. The number of aryl methyl sites for hydroxylation is 2. The van der Waals surface area contributed by atoms with Crippen molar-refractivity contribution in [1.82, 2.24) is 4.98 Å². The van der Waals surface area contributed by atoms with E-state index in [2.05, 4.69) is 4.98 Å². The van der Waals surface area contributed by atoms with Crippen LogP contribution < -0.4 is 4.31 Å². The number of benzene rings is 2. The number of rotatable bonds is 4. The topological polar surface area (TPSA) is 87.6 Å². The van der Waals surface area contributed by atoms with E-state index in [9.17, 15) is 18.3 Å². The van der Waals surface area contributed by atoms with Gasteiger partial charge in [-0.15, -0.1) is 11.3 Å². The third-order valence-corrected chi connectivity index (χ3v) is 6.41. The third kappa shape index (κ3) is 3.33. The quantitative estimate of drug-likeness (QED) is 0.739. The number of anilines is 1. The van der Waals surface area contributed by atoms with Gasteiger partial charge in [-0.05, 0) is 50.2 Å². The minimum Gasteiger partial charge on any atom is -0.508 e. The first-order chi connectivity index (χ1) is 12.3. The van der Waals surface area contributed by atoms with Crippen LogP contribution in [0.2, 0.25) is 0 Å². The zero-order chi connectivity index (χ0) is 18.9. The lowest BCUT2D eigenvalue weighted by molar-refractivity contribution is 0.101. The Hall–Kier alpha value is -2.71. The lowest BCUT2D eigenvalue weighted by Gasteiger charge is -2.22. The van der Waals surface area contributed by atoms with Crippen LogP contribution in [0.4, 0.5) is 5.69 Å². The Labute approximate surface area is 155 Å². The van der Waals surface area contributed by atoms with Crippen molar-refractivity contribution >= 4 is 33.0 Å². The highest BCUT2D eigenvalue weighted by atomic mass is 32.2. The summed E-state index contributed by atoms with van der Waals surface area (Å²) in [5.41, 5.74) is 3.00. The molecule has 0 spiro atoms. The van der Waals surface area contributed by atoms with Crippen molar-refractivity contribution in [2.45, 2.75) is 18.7 Å². The van der Waals surface area contributed by atoms with Gasteiger partial charge in [-0.1, -0.05) is 17.7 Å². The van der Waals surface area contributed by atoms with Gasteiger partial charge in [0.1, 0.15) is 10.6 Å². The molecule has 1 N–H and O–H groups in total. The van der Waals surface area contributed by atoms with Gasteiger partial charge in [-0.3, -0.25) is 4.79 Å². The lowest BCUT2D eigenvalue weighted by atomic mass is 10.2. The van der Waals surface area contributed by atoms with Crippen molar-refractivity contribution in [2.75, 3.05) is 4.31 Å². The van der Waals surface area contributed by atoms with Crippen molar-refractivity contribution in [3.8, 4) is 5.75 Å². The lowest BCUT2D eigenvalue weighted by Crippen LogP contribution is -2.37. The highest BCUT2D eigenvalue weighted by Crippen LogP contribution is 2.29. The number of carbonyl (C=O) groups is 1. The molecule has 1 amide bonds. The Morgan fingerprint density at radius 2 is 1.65 bits per heavy atom. The van der Waals surface area contributed by atoms with E-state index in [0.29, 0.717) is 5.69 Å². The van der Waals surface area contributed by atoms with Crippen molar-refractivity contribution in [1.29, 1.82) is 0 Å². The second-order valence-electron chi connectivity index (χ2n) is 5.67. The number of aromatic hydroxyl groups is 1. The molecule has 3 aromatic rings. The Kier molecular flexibility index (Phi) is 4.80. The molecule has 1 heterocycles. The molecule has 6 nitrogen and oxygen atoms in total. The highest BCUT2D eigenvalue weighted by Gasteiger charge is 2.33. The van der Waals surface area contributed by atoms with Gasteiger partial charge in [0.15, 0.2) is 0 Å². The molecule has 0 aliphatic carbocycles. The SMILES string of the molecule is Cc1ccc(S(=O)(=O)N(C(=O)c2scnc2C)c2ccc(O)cc2)cc1. The molecule has 0 aliphatic heterocycles. The van der Waals surface area contributed by atoms with Gasteiger partial charge in [0.2, 0.25) is 0 Å². The largest absolute Gasteiger partial charge is 0.508 e. The molecular formula is C18H16N2O4S2. The molecule has 0 aliphatic rings. The fourth-order valence-electron chi connectivity index (χ4n) is 2.37. The zero-order valence-corrected chi connectivity index (χ0v) is 15.7. The second kappa shape index (κ2) is 6.89. The minimum atomic E-state index is -4.14. The molecular weight excluding hydrogens is 372 g/mol. The van der Waals surface area contributed by atoms with Crippen molar-refractivity contribution in [2.24, 2.45) is 0 Å². The predicted octanol–water partition coefficient (Wildman–Crippen LogP) is 3.50. The minimum absolute atomic E-state index is 0.00620. The Morgan fingerprint density at radius 1 is 1.04 bits per heavy atom. The van der Waals surface area contributed by atoms with Crippen LogP contribution in [0.25, 0.3) is 0 Å². The molecule has 0 fully saturated rings. The number of hydrogen-bond acceptors (Lipinski definition) is 6. The fourth-order valence-corrected chi connectivity index (χ4v) is 4.56. The average Bonchev–Trinajstić information content (AvgIpc) is 3.03. The number of aromatic nitrogens is 1. The van der Waals surface area contributed by atoms with E-state index in [4.69, 9.17) is 0 Å². The average molecular weight is 388 g/mol. The van der Waals surface area contributed by atoms with E-state index in [1.54, 1.807) is 19.1 Å². The number of amides is 1. The number of phenols is 1. The summed E-state index contributed by atoms with van der Waals surface area (Å²) in [6.07, 6.45) is 0. The van der Waals surface area contributed by atoms with E-state index < -0.39 is 15.9 Å². The van der Waals surface area contributed by atoms with Crippen molar-refractivity contribution < 1.29 is 18.3 Å². The Bertz CT molecular complexity index is 1040. The number of hydrogen-bond donors (Lipinski definition) is 1. The van der Waals surface area contributed by atoms with Crippen LogP contribution in [0.1, 0.15) is 20.9 Å². The molecule has 0 saturated carbocycles. The van der Waals surface area contributed by atoms with Gasteiger partial charge in [-0.25, -0.2) is 13.4 Å². The van der Waals surface area contributed by atoms with Crippen LogP contribution in [0.15, 0.2) is 58.9 Å². The van der Waals surface area contributed by atoms with Crippen molar-refractivity contribution in [3.63, 3.8) is 0 Å². The third-order valence-electron chi connectivity index (χ3n) is 3.77. The summed E-state index contributed by atoms with van der Waals surface area (Å²) >= 11 is 1.08. The summed E-state index contributed by atoms with van der Waals surface area (Å²) in [5, 5.41) is 9.49. The molecule has 26 heavy (non-hydrogen) atoms. The van der Waals surface area contributed by atoms with Crippen LogP contribution in [-0.4, -0.2) is 24.4 Å². The Balaban J connectivity index is 2.17. The summed E-state index contributed by atoms with van der Waals surface area (Å²) in [5.74, 6) is -0.709. The van der Waals surface area contributed by atoms with E-state index in [1.165, 1.54) is 41.9 Å². The van der Waals surface area contributed by atoms with Crippen LogP contribution in [0.5, 0.6) is 5.75 Å². The molecule has 134 valence electrons. The zero-order valence-electron chi connectivity index (χ0n) is 14.1. The maximum absolute atomic E-state index is 13.2. The summed E-state index contributed by atoms with van der Waals surface area (Å²) in [4.78, 5) is 17.3. The molecule has 2 aromatic carbocycles. The van der Waals surface area contributed by atoms with Gasteiger partial charge in [0.25, 0.3) is 15.9 Å². The number of sulfonamides is 1. The number of thiazole rings is 1. The first kappa shape index (κ1) is 18.1. The molecule has 0 atom stereocenters. The second-order valence-corrected chi connectivity index (χ2v) is 8.31. The molecule has 0 bridgehead atoms. The van der Waals surface area contributed by atoms with Gasteiger partial charge in [0.05, 0.1) is 21.8 Å². The first-order valence-electron chi connectivity index (χ1n) is 7.66. The highest BCUT2D eigenvalue weighted by molar-refractivity contribution is 7.93. The van der Waals surface area contributed by atoms with E-state index in [1.807, 2.05) is 6.92 Å². The van der Waals surface area contributed by atoms with Crippen LogP contribution >= 0.6 is 11.3 Å². The monoisotopic (exact) mass is 388 g/mol. The molecule has 1 aromatic heterocycles. The number of nitrogens with zero attached hydrogens (tertiary/aromatic N) is 2. The smallest absolute Gasteiger partial charge is 0.284 e. The number of phenolic OH excluding ortho intramolecular Hbond substituents is 1. The van der Waals surface area contributed by atoms with E-state index >= 15 is 0 Å². The molecule has 0 radical (unpaired) electrons. The van der Waals surface area contributed by atoms with Crippen LogP contribution in [-0.2, 0) is 10.0 Å². The van der Waals surface area contributed by atoms with E-state index in [-0.39, 0.29) is 21.2 Å². The first-order valence-corrected chi connectivity index (χ1v) is 9.98. The molecule has 3 rings (SSSR count). The maximum Gasteiger partial charge on any atom is 0.284 e. The van der Waals surface area contributed by atoms with E-state index in [0.717, 1.165) is 21.2 Å². The summed E-state index contributed by atoms with van der Waals surface area (Å²) < 4.78 is 27.2. The predicted molar refractivity (Wildman–Crippen MR) is 100 cm³/mol. The standard InChI is InChI=1S/C18H16N2O4S2/c1-12-3-9-16(10-4-12)26(23,24)20(14-5-7-15(21)8-6-14)18(22)17-13(2)19-11-25-17/h3-11,21H,1-2H3. The maximum atomic E-state index is 13.2. The summed E-state index contributed by atoms with van der Waals surface area (Å²) in [6.45, 7) is 3.50. The Morgan fingerprint density at radius 3 is 2.19 bits per heavy atom. The van der Waals surface area contributed by atoms with Gasteiger partial charge in [-0.2, -0.15) is 4.31 Å². The van der Waals surface area contributed by atoms with Crippen LogP contribution in [0, 0.1) is 13.8 Å². The fraction of sp³-hybridized carbons (Fsp3) is 0.111. The van der Waals surface area contributed by atoms with Gasteiger partial charge < -0.3 is 5.11 Å². The van der Waals surface area contributed by atoms with Crippen molar-refractivity contribution in [3.05, 3.63) is 70.2 Å².